The third-order valence-electron chi connectivity index (χ3n) is 1.25. The fourth-order valence-corrected chi connectivity index (χ4v) is 0.745. The van der Waals surface area contributed by atoms with Crippen LogP contribution >= 0.6 is 0 Å². The summed E-state index contributed by atoms with van der Waals surface area (Å²) < 4.78 is 0. The first-order valence-corrected chi connectivity index (χ1v) is 2.91. The number of carbonyl (C=O) groups excluding carboxylic acids is 2. The minimum atomic E-state index is 0.444. The van der Waals surface area contributed by atoms with E-state index in [0.717, 1.165) is 12.6 Å². The number of aldehydes is 2. The number of nitrogens with one attached hydrogen (secondary N) is 1. The topological polar surface area (TPSA) is 46.2 Å². The summed E-state index contributed by atoms with van der Waals surface area (Å²) in [5.41, 5.74) is 1.20. The van der Waals surface area contributed by atoms with E-state index in [9.17, 15) is 9.59 Å². The van der Waals surface area contributed by atoms with Gasteiger partial charge in [-0.05, 0) is 0 Å². The summed E-state index contributed by atoms with van der Waals surface area (Å²) in [6.45, 7) is 0. The lowest BCUT2D eigenvalue weighted by molar-refractivity contribution is -0.105. The SMILES string of the molecule is O=CC1=CNC=C(C=O)C1. The van der Waals surface area contributed by atoms with Crippen molar-refractivity contribution in [2.75, 3.05) is 0 Å². The van der Waals surface area contributed by atoms with Crippen molar-refractivity contribution in [3.05, 3.63) is 23.5 Å². The van der Waals surface area contributed by atoms with Crippen molar-refractivity contribution >= 4 is 12.6 Å². The van der Waals surface area contributed by atoms with E-state index in [1.807, 2.05) is 0 Å². The van der Waals surface area contributed by atoms with E-state index in [-0.39, 0.29) is 0 Å². The smallest absolute Gasteiger partial charge is 0.147 e. The zero-order valence-corrected chi connectivity index (χ0v) is 5.33. The van der Waals surface area contributed by atoms with Gasteiger partial charge in [-0.2, -0.15) is 0 Å². The molecule has 3 heteroatoms. The van der Waals surface area contributed by atoms with Crippen LogP contribution < -0.4 is 5.32 Å². The van der Waals surface area contributed by atoms with Crippen molar-refractivity contribution < 1.29 is 9.59 Å². The molecule has 0 aromatic heterocycles. The molecule has 0 saturated carbocycles. The highest BCUT2D eigenvalue weighted by atomic mass is 16.1. The van der Waals surface area contributed by atoms with Crippen LogP contribution in [0.4, 0.5) is 0 Å². The van der Waals surface area contributed by atoms with Crippen LogP contribution in [-0.2, 0) is 9.59 Å². The molecule has 1 rings (SSSR count). The highest BCUT2D eigenvalue weighted by Crippen LogP contribution is 2.08. The fourth-order valence-electron chi connectivity index (χ4n) is 0.745. The number of dihydropyridines is 1. The Balaban J connectivity index is 2.65. The van der Waals surface area contributed by atoms with Crippen molar-refractivity contribution in [3.63, 3.8) is 0 Å². The molecule has 1 heterocycles. The first kappa shape index (κ1) is 6.74. The molecule has 0 aromatic rings. The molecule has 0 fully saturated rings. The van der Waals surface area contributed by atoms with Gasteiger partial charge in [0.15, 0.2) is 0 Å². The average Bonchev–Trinajstić information content (AvgIpc) is 2.05. The van der Waals surface area contributed by atoms with Gasteiger partial charge < -0.3 is 5.32 Å². The van der Waals surface area contributed by atoms with Crippen LogP contribution in [0.5, 0.6) is 0 Å². The lowest BCUT2D eigenvalue weighted by Crippen LogP contribution is -2.07. The number of hydrogen-bond donors (Lipinski definition) is 1. The quantitative estimate of drug-likeness (QED) is 0.551. The van der Waals surface area contributed by atoms with E-state index in [0.29, 0.717) is 17.6 Å². The second kappa shape index (κ2) is 2.96. The minimum absolute atomic E-state index is 0.444. The van der Waals surface area contributed by atoms with Gasteiger partial charge in [-0.15, -0.1) is 0 Å². The summed E-state index contributed by atoms with van der Waals surface area (Å²) in [4.78, 5) is 20.3. The molecular formula is C7H7NO2. The van der Waals surface area contributed by atoms with Crippen LogP contribution in [-0.4, -0.2) is 12.6 Å². The summed E-state index contributed by atoms with van der Waals surface area (Å²) in [7, 11) is 0. The van der Waals surface area contributed by atoms with Crippen LogP contribution in [0.2, 0.25) is 0 Å². The Morgan fingerprint density at radius 1 is 1.20 bits per heavy atom. The molecule has 1 aliphatic rings. The van der Waals surface area contributed by atoms with Gasteiger partial charge in [-0.1, -0.05) is 0 Å². The third-order valence-corrected chi connectivity index (χ3v) is 1.25. The number of rotatable bonds is 2. The first-order chi connectivity index (χ1) is 4.86. The van der Waals surface area contributed by atoms with Gasteiger partial charge in [-0.25, -0.2) is 0 Å². The summed E-state index contributed by atoms with van der Waals surface area (Å²) in [6, 6.07) is 0. The van der Waals surface area contributed by atoms with Gasteiger partial charge in [0.1, 0.15) is 12.6 Å². The minimum Gasteiger partial charge on any atom is -0.367 e. The Kier molecular flexibility index (Phi) is 1.99. The first-order valence-electron chi connectivity index (χ1n) is 2.91. The summed E-state index contributed by atoms with van der Waals surface area (Å²) in [5, 5.41) is 2.70. The molecule has 0 aromatic carbocycles. The molecule has 0 radical (unpaired) electrons. The second-order valence-corrected chi connectivity index (χ2v) is 2.02. The van der Waals surface area contributed by atoms with E-state index in [2.05, 4.69) is 5.32 Å². The van der Waals surface area contributed by atoms with Gasteiger partial charge >= 0.3 is 0 Å². The molecule has 0 bridgehead atoms. The Labute approximate surface area is 58.4 Å². The molecule has 0 atom stereocenters. The van der Waals surface area contributed by atoms with Crippen LogP contribution in [0.1, 0.15) is 6.42 Å². The van der Waals surface area contributed by atoms with Gasteiger partial charge in [0.25, 0.3) is 0 Å². The Bertz CT molecular complexity index is 194. The molecule has 1 N–H and O–H groups in total. The number of carbonyl (C=O) groups is 2. The summed E-state index contributed by atoms with van der Waals surface area (Å²) >= 11 is 0. The average molecular weight is 137 g/mol. The molecule has 0 unspecified atom stereocenters. The Morgan fingerprint density at radius 3 is 2.10 bits per heavy atom. The van der Waals surface area contributed by atoms with Gasteiger partial charge in [0.2, 0.25) is 0 Å². The molecule has 0 saturated heterocycles. The van der Waals surface area contributed by atoms with Crippen molar-refractivity contribution in [3.8, 4) is 0 Å². The standard InChI is InChI=1S/C7H7NO2/c9-4-6-1-7(5-10)3-8-2-6/h2-5,8H,1H2. The Morgan fingerprint density at radius 2 is 1.70 bits per heavy atom. The van der Waals surface area contributed by atoms with Gasteiger partial charge in [0, 0.05) is 30.0 Å². The van der Waals surface area contributed by atoms with E-state index in [1.165, 1.54) is 0 Å². The lowest BCUT2D eigenvalue weighted by Gasteiger charge is -2.05. The predicted molar refractivity (Wildman–Crippen MR) is 36.0 cm³/mol. The van der Waals surface area contributed by atoms with Crippen LogP contribution in [0.3, 0.4) is 0 Å². The number of hydrogen-bond acceptors (Lipinski definition) is 3. The molecule has 1 aliphatic heterocycles. The van der Waals surface area contributed by atoms with E-state index >= 15 is 0 Å². The van der Waals surface area contributed by atoms with Crippen molar-refractivity contribution in [2.45, 2.75) is 6.42 Å². The van der Waals surface area contributed by atoms with Gasteiger partial charge in [0.05, 0.1) is 0 Å². The second-order valence-electron chi connectivity index (χ2n) is 2.02. The zero-order valence-electron chi connectivity index (χ0n) is 5.33. The van der Waals surface area contributed by atoms with Crippen LogP contribution in [0.25, 0.3) is 0 Å². The van der Waals surface area contributed by atoms with Crippen molar-refractivity contribution in [1.29, 1.82) is 0 Å². The molecule has 3 nitrogen and oxygen atoms in total. The largest absolute Gasteiger partial charge is 0.367 e. The van der Waals surface area contributed by atoms with Gasteiger partial charge in [-0.3, -0.25) is 9.59 Å². The van der Waals surface area contributed by atoms with E-state index in [1.54, 1.807) is 12.4 Å². The molecular weight excluding hydrogens is 130 g/mol. The fraction of sp³-hybridized carbons (Fsp3) is 0.143. The normalized spacial score (nSPS) is 16.4. The molecule has 0 aliphatic carbocycles. The highest BCUT2D eigenvalue weighted by molar-refractivity contribution is 5.81. The maximum absolute atomic E-state index is 10.2. The van der Waals surface area contributed by atoms with Crippen molar-refractivity contribution in [2.24, 2.45) is 0 Å². The third kappa shape index (κ3) is 1.31. The molecule has 0 amide bonds. The number of allylic oxidation sites excluding steroid dienone is 2. The molecule has 0 spiro atoms. The summed E-state index contributed by atoms with van der Waals surface area (Å²) in [5.74, 6) is 0. The maximum atomic E-state index is 10.2. The Hall–Kier alpha value is -1.38. The van der Waals surface area contributed by atoms with Crippen LogP contribution in [0.15, 0.2) is 23.5 Å². The van der Waals surface area contributed by atoms with E-state index < -0.39 is 0 Å². The van der Waals surface area contributed by atoms with E-state index in [4.69, 9.17) is 0 Å². The molecule has 52 valence electrons. The maximum Gasteiger partial charge on any atom is 0.147 e. The highest BCUT2D eigenvalue weighted by Gasteiger charge is 2.03. The summed E-state index contributed by atoms with van der Waals surface area (Å²) in [6.07, 6.45) is 5.09. The lowest BCUT2D eigenvalue weighted by atomic mass is 10.1. The zero-order chi connectivity index (χ0) is 7.40. The van der Waals surface area contributed by atoms with Crippen molar-refractivity contribution in [1.82, 2.24) is 5.32 Å². The monoisotopic (exact) mass is 137 g/mol. The van der Waals surface area contributed by atoms with Crippen LogP contribution in [0, 0.1) is 0 Å². The predicted octanol–water partition coefficient (Wildman–Crippen LogP) is 0.145. The molecule has 10 heavy (non-hydrogen) atoms.